The molecule has 0 saturated heterocycles. The Kier molecular flexibility index (Phi) is 6.35. The zero-order chi connectivity index (χ0) is 18.7. The first-order valence-electron chi connectivity index (χ1n) is 8.58. The van der Waals surface area contributed by atoms with Gasteiger partial charge in [0.1, 0.15) is 5.01 Å². The second-order valence-corrected chi connectivity index (χ2v) is 8.49. The molecule has 1 aliphatic carbocycles. The first kappa shape index (κ1) is 20.0. The Morgan fingerprint density at radius 2 is 2.04 bits per heavy atom. The van der Waals surface area contributed by atoms with E-state index in [9.17, 15) is 13.2 Å². The number of guanidine groups is 1. The van der Waals surface area contributed by atoms with Crippen LogP contribution in [0.3, 0.4) is 0 Å². The number of alkyl halides is 3. The van der Waals surface area contributed by atoms with Crippen LogP contribution in [0.4, 0.5) is 13.2 Å². The molecule has 1 aromatic heterocycles. The number of hydrogen-bond donors (Lipinski definition) is 2. The molecular formula is C17H27F3N4S. The van der Waals surface area contributed by atoms with Gasteiger partial charge in [-0.15, -0.1) is 11.3 Å². The molecule has 25 heavy (non-hydrogen) atoms. The minimum atomic E-state index is -4.11. The minimum absolute atomic E-state index is 0.00335. The maximum absolute atomic E-state index is 12.9. The van der Waals surface area contributed by atoms with Crippen molar-refractivity contribution in [3.05, 3.63) is 16.1 Å². The monoisotopic (exact) mass is 376 g/mol. The molecule has 0 spiro atoms. The molecule has 2 N–H and O–H groups in total. The van der Waals surface area contributed by atoms with Gasteiger partial charge >= 0.3 is 6.18 Å². The van der Waals surface area contributed by atoms with Gasteiger partial charge in [-0.2, -0.15) is 13.2 Å². The molecule has 0 radical (unpaired) electrons. The summed E-state index contributed by atoms with van der Waals surface area (Å²) in [5.41, 5.74) is 1.04. The van der Waals surface area contributed by atoms with Gasteiger partial charge in [0.15, 0.2) is 5.96 Å². The fourth-order valence-corrected chi connectivity index (χ4v) is 3.86. The third kappa shape index (κ3) is 5.87. The van der Waals surface area contributed by atoms with E-state index >= 15 is 0 Å². The van der Waals surface area contributed by atoms with Gasteiger partial charge in [0.25, 0.3) is 0 Å². The van der Waals surface area contributed by atoms with Crippen LogP contribution in [0.15, 0.2) is 10.4 Å². The molecule has 8 heteroatoms. The van der Waals surface area contributed by atoms with Crippen molar-refractivity contribution in [3.63, 3.8) is 0 Å². The van der Waals surface area contributed by atoms with Gasteiger partial charge in [-0.25, -0.2) is 4.98 Å². The highest BCUT2D eigenvalue weighted by Crippen LogP contribution is 2.37. The molecule has 1 saturated carbocycles. The summed E-state index contributed by atoms with van der Waals surface area (Å²) in [5, 5.41) is 9.27. The van der Waals surface area contributed by atoms with Crippen LogP contribution in [-0.4, -0.2) is 30.2 Å². The van der Waals surface area contributed by atoms with Crippen molar-refractivity contribution >= 4 is 17.3 Å². The summed E-state index contributed by atoms with van der Waals surface area (Å²) in [6, 6.07) is -0.201. The van der Waals surface area contributed by atoms with Gasteiger partial charge < -0.3 is 10.6 Å². The number of thiazole rings is 1. The van der Waals surface area contributed by atoms with E-state index in [0.29, 0.717) is 18.9 Å². The zero-order valence-corrected chi connectivity index (χ0v) is 16.0. The van der Waals surface area contributed by atoms with E-state index in [1.165, 1.54) is 0 Å². The Labute approximate surface area is 151 Å². The van der Waals surface area contributed by atoms with Crippen LogP contribution in [0.25, 0.3) is 0 Å². The molecule has 2 atom stereocenters. The Morgan fingerprint density at radius 3 is 2.60 bits per heavy atom. The highest BCUT2D eigenvalue weighted by molar-refractivity contribution is 7.09. The van der Waals surface area contributed by atoms with Gasteiger partial charge in [-0.05, 0) is 19.3 Å². The van der Waals surface area contributed by atoms with Crippen LogP contribution < -0.4 is 10.6 Å². The van der Waals surface area contributed by atoms with Crippen LogP contribution in [0.2, 0.25) is 0 Å². The van der Waals surface area contributed by atoms with Crippen molar-refractivity contribution in [1.29, 1.82) is 0 Å². The lowest BCUT2D eigenvalue weighted by molar-refractivity contribution is -0.183. The summed E-state index contributed by atoms with van der Waals surface area (Å²) in [4.78, 5) is 8.73. The second kappa shape index (κ2) is 7.93. The molecule has 0 aliphatic heterocycles. The van der Waals surface area contributed by atoms with Crippen LogP contribution in [0.5, 0.6) is 0 Å². The lowest BCUT2D eigenvalue weighted by Gasteiger charge is -2.31. The molecule has 1 fully saturated rings. The number of rotatable bonds is 3. The predicted octanol–water partition coefficient (Wildman–Crippen LogP) is 4.23. The first-order valence-corrected chi connectivity index (χ1v) is 9.46. The SMILES string of the molecule is CN=C(NCc1nc(C(C)(C)C)cs1)NC1CCCC(C(F)(F)F)C1. The fraction of sp³-hybridized carbons (Fsp3) is 0.765. The molecule has 1 heterocycles. The Balaban J connectivity index is 1.87. The maximum atomic E-state index is 12.9. The van der Waals surface area contributed by atoms with E-state index in [2.05, 4.69) is 41.4 Å². The van der Waals surface area contributed by atoms with Gasteiger partial charge in [0.05, 0.1) is 18.2 Å². The summed E-state index contributed by atoms with van der Waals surface area (Å²) in [5.74, 6) is -0.689. The van der Waals surface area contributed by atoms with Crippen molar-refractivity contribution in [2.45, 2.75) is 70.6 Å². The summed E-state index contributed by atoms with van der Waals surface area (Å²) in [6.07, 6.45) is -2.46. The fourth-order valence-electron chi connectivity index (χ4n) is 2.90. The van der Waals surface area contributed by atoms with Crippen molar-refractivity contribution in [2.75, 3.05) is 7.05 Å². The smallest absolute Gasteiger partial charge is 0.354 e. The van der Waals surface area contributed by atoms with Crippen LogP contribution in [-0.2, 0) is 12.0 Å². The Bertz CT molecular complexity index is 589. The molecule has 0 amide bonds. The Morgan fingerprint density at radius 1 is 1.32 bits per heavy atom. The van der Waals surface area contributed by atoms with Crippen molar-refractivity contribution in [1.82, 2.24) is 15.6 Å². The second-order valence-electron chi connectivity index (χ2n) is 7.55. The average Bonchev–Trinajstić information content (AvgIpc) is 3.00. The minimum Gasteiger partial charge on any atom is -0.354 e. The molecule has 142 valence electrons. The molecule has 1 aliphatic rings. The van der Waals surface area contributed by atoms with Crippen molar-refractivity contribution in [2.24, 2.45) is 10.9 Å². The standard InChI is InChI=1S/C17H27F3N4S/c1-16(2,3)13-10-25-14(24-13)9-22-15(21-4)23-12-7-5-6-11(8-12)17(18,19)20/h10-12H,5-9H2,1-4H3,(H2,21,22,23). The average molecular weight is 376 g/mol. The van der Waals surface area contributed by atoms with E-state index in [1.54, 1.807) is 18.4 Å². The topological polar surface area (TPSA) is 49.3 Å². The highest BCUT2D eigenvalue weighted by Gasteiger charge is 2.42. The molecule has 1 aromatic rings. The molecule has 0 bridgehead atoms. The number of nitrogens with one attached hydrogen (secondary N) is 2. The number of aliphatic imine (C=N–C) groups is 1. The van der Waals surface area contributed by atoms with Gasteiger partial charge in [-0.1, -0.05) is 27.2 Å². The predicted molar refractivity (Wildman–Crippen MR) is 95.9 cm³/mol. The van der Waals surface area contributed by atoms with Crippen molar-refractivity contribution in [3.8, 4) is 0 Å². The van der Waals surface area contributed by atoms with E-state index < -0.39 is 12.1 Å². The van der Waals surface area contributed by atoms with Crippen LogP contribution >= 0.6 is 11.3 Å². The summed E-state index contributed by atoms with van der Waals surface area (Å²) in [6.45, 7) is 6.84. The van der Waals surface area contributed by atoms with Crippen molar-refractivity contribution < 1.29 is 13.2 Å². The highest BCUT2D eigenvalue weighted by atomic mass is 32.1. The van der Waals surface area contributed by atoms with E-state index in [1.807, 2.05) is 5.38 Å². The normalized spacial score (nSPS) is 22.8. The third-order valence-electron chi connectivity index (χ3n) is 4.43. The van der Waals surface area contributed by atoms with Gasteiger partial charge in [0, 0.05) is 23.9 Å². The number of nitrogens with zero attached hydrogens (tertiary/aromatic N) is 2. The molecule has 0 aromatic carbocycles. The number of aromatic nitrogens is 1. The first-order chi connectivity index (χ1) is 11.6. The Hall–Kier alpha value is -1.31. The van der Waals surface area contributed by atoms with Crippen LogP contribution in [0, 0.1) is 5.92 Å². The number of halogens is 3. The van der Waals surface area contributed by atoms with Crippen LogP contribution in [0.1, 0.15) is 57.2 Å². The number of hydrogen-bond acceptors (Lipinski definition) is 3. The van der Waals surface area contributed by atoms with E-state index in [4.69, 9.17) is 0 Å². The van der Waals surface area contributed by atoms with Gasteiger partial charge in [-0.3, -0.25) is 4.99 Å². The summed E-state index contributed by atoms with van der Waals surface area (Å²) >= 11 is 1.57. The maximum Gasteiger partial charge on any atom is 0.391 e. The van der Waals surface area contributed by atoms with E-state index in [-0.39, 0.29) is 24.3 Å². The molecular weight excluding hydrogens is 349 g/mol. The third-order valence-corrected chi connectivity index (χ3v) is 5.28. The zero-order valence-electron chi connectivity index (χ0n) is 15.2. The van der Waals surface area contributed by atoms with Gasteiger partial charge in [0.2, 0.25) is 0 Å². The summed E-state index contributed by atoms with van der Waals surface area (Å²) < 4.78 is 38.8. The quantitative estimate of drug-likeness (QED) is 0.613. The van der Waals surface area contributed by atoms with E-state index in [0.717, 1.165) is 17.1 Å². The largest absolute Gasteiger partial charge is 0.391 e. The molecule has 2 unspecified atom stereocenters. The lowest BCUT2D eigenvalue weighted by Crippen LogP contribution is -2.46. The molecule has 2 rings (SSSR count). The summed E-state index contributed by atoms with van der Waals surface area (Å²) in [7, 11) is 1.63. The lowest BCUT2D eigenvalue weighted by atomic mass is 9.85. The molecule has 4 nitrogen and oxygen atoms in total.